The van der Waals surface area contributed by atoms with Crippen LogP contribution in [0.5, 0.6) is 0 Å². The highest BCUT2D eigenvalue weighted by molar-refractivity contribution is 8.10. The second-order valence-electron chi connectivity index (χ2n) is 2.48. The number of nitro groups is 1. The molecule has 0 N–H and O–H groups in total. The summed E-state index contributed by atoms with van der Waals surface area (Å²) in [7, 11) is 0. The summed E-state index contributed by atoms with van der Waals surface area (Å²) >= 11 is 8.38. The number of thiocarbonyl (C=S) groups is 1. The molecule has 0 saturated carbocycles. The van der Waals surface area contributed by atoms with Crippen molar-refractivity contribution in [2.24, 2.45) is 0 Å². The average Bonchev–Trinajstić information content (AvgIpc) is 2.15. The van der Waals surface area contributed by atoms with Gasteiger partial charge in [-0.15, -0.1) is 0 Å². The van der Waals surface area contributed by atoms with Crippen LogP contribution in [-0.2, 0) is 11.3 Å². The van der Waals surface area contributed by atoms with Gasteiger partial charge in [0.15, 0.2) is 0 Å². The van der Waals surface area contributed by atoms with Gasteiger partial charge in [-0.05, 0) is 29.9 Å². The van der Waals surface area contributed by atoms with E-state index in [-0.39, 0.29) is 16.7 Å². The van der Waals surface area contributed by atoms with Crippen molar-refractivity contribution in [2.75, 3.05) is 0 Å². The van der Waals surface area contributed by atoms with Crippen LogP contribution in [0.25, 0.3) is 0 Å². The predicted molar refractivity (Wildman–Crippen MR) is 59.5 cm³/mol. The molecule has 1 aromatic rings. The van der Waals surface area contributed by atoms with Crippen LogP contribution in [0.3, 0.4) is 0 Å². The van der Waals surface area contributed by atoms with Gasteiger partial charge in [0.25, 0.3) is 5.69 Å². The number of hydrogen-bond acceptors (Lipinski definition) is 4. The Morgan fingerprint density at radius 3 is 2.50 bits per heavy atom. The van der Waals surface area contributed by atoms with Gasteiger partial charge in [-0.3, -0.25) is 10.1 Å². The van der Waals surface area contributed by atoms with Crippen molar-refractivity contribution in [3.63, 3.8) is 0 Å². The minimum atomic E-state index is -0.451. The van der Waals surface area contributed by atoms with E-state index >= 15 is 0 Å². The second kappa shape index (κ2) is 4.92. The molecule has 0 radical (unpaired) electrons. The first-order valence-corrected chi connectivity index (χ1v) is 4.54. The van der Waals surface area contributed by atoms with Crippen LogP contribution in [0.1, 0.15) is 5.56 Å². The van der Waals surface area contributed by atoms with Gasteiger partial charge in [-0.2, -0.15) is 0 Å². The summed E-state index contributed by atoms with van der Waals surface area (Å²) in [5, 5.41) is 10.3. The van der Waals surface area contributed by atoms with Crippen LogP contribution in [0, 0.1) is 10.1 Å². The maximum absolute atomic E-state index is 10.3. The molecule has 0 aliphatic rings. The van der Waals surface area contributed by atoms with Crippen molar-refractivity contribution in [3.8, 4) is 0 Å². The summed E-state index contributed by atoms with van der Waals surface area (Å²) in [5.74, 6) is 0. The summed E-state index contributed by atoms with van der Waals surface area (Å²) in [6.07, 6.45) is 0. The van der Waals surface area contributed by atoms with Crippen molar-refractivity contribution in [2.45, 2.75) is 6.61 Å². The summed E-state index contributed by atoms with van der Waals surface area (Å²) in [4.78, 5) is 9.87. The molecule has 0 amide bonds. The molecule has 74 valence electrons. The lowest BCUT2D eigenvalue weighted by Gasteiger charge is -2.02. The molecule has 0 fully saturated rings. The van der Waals surface area contributed by atoms with E-state index in [1.807, 2.05) is 0 Å². The lowest BCUT2D eigenvalue weighted by atomic mass is 10.2. The van der Waals surface area contributed by atoms with Crippen LogP contribution in [0.4, 0.5) is 5.69 Å². The smallest absolute Gasteiger partial charge is 0.269 e. The number of nitro benzene ring substituents is 1. The molecule has 0 aliphatic heterocycles. The first kappa shape index (κ1) is 10.9. The van der Waals surface area contributed by atoms with Crippen LogP contribution >= 0.6 is 24.8 Å². The lowest BCUT2D eigenvalue weighted by Crippen LogP contribution is -1.95. The fraction of sp³-hybridized carbons (Fsp3) is 0.125. The van der Waals surface area contributed by atoms with Gasteiger partial charge in [0.1, 0.15) is 6.61 Å². The number of non-ortho nitro benzene ring substituents is 1. The zero-order valence-electron chi connectivity index (χ0n) is 7.04. The zero-order valence-corrected chi connectivity index (χ0v) is 8.75. The second-order valence-corrected chi connectivity index (χ2v) is 3.56. The molecule has 0 spiro atoms. The highest BCUT2D eigenvalue weighted by Gasteiger charge is 2.03. The molecule has 1 rings (SSSR count). The van der Waals surface area contributed by atoms with Gasteiger partial charge in [-0.1, -0.05) is 12.6 Å². The van der Waals surface area contributed by atoms with E-state index in [1.165, 1.54) is 12.1 Å². The number of thiol groups is 1. The van der Waals surface area contributed by atoms with E-state index in [4.69, 9.17) is 4.74 Å². The Bertz CT molecular complexity index is 350. The maximum Gasteiger partial charge on any atom is 0.269 e. The molecule has 0 aliphatic carbocycles. The fourth-order valence-corrected chi connectivity index (χ4v) is 0.982. The molecule has 6 heteroatoms. The Kier molecular flexibility index (Phi) is 3.84. The topological polar surface area (TPSA) is 52.4 Å². The monoisotopic (exact) mass is 229 g/mol. The molecule has 14 heavy (non-hydrogen) atoms. The third kappa shape index (κ3) is 3.31. The number of hydrogen-bond donors (Lipinski definition) is 1. The minimum Gasteiger partial charge on any atom is -0.474 e. The molecule has 0 heterocycles. The van der Waals surface area contributed by atoms with Gasteiger partial charge in [0.05, 0.1) is 4.92 Å². The van der Waals surface area contributed by atoms with Crippen LogP contribution < -0.4 is 0 Å². The van der Waals surface area contributed by atoms with Gasteiger partial charge < -0.3 is 4.74 Å². The van der Waals surface area contributed by atoms with E-state index < -0.39 is 4.92 Å². The third-order valence-electron chi connectivity index (χ3n) is 1.51. The summed E-state index contributed by atoms with van der Waals surface area (Å²) < 4.78 is 5.11. The molecule has 0 unspecified atom stereocenters. The standard InChI is InChI=1S/C8H7NO3S2/c10-9(11)7-3-1-6(2-4-7)5-12-8(13)14/h1-4H,5H2,(H,13,14). The van der Waals surface area contributed by atoms with Crippen LogP contribution in [-0.4, -0.2) is 9.31 Å². The van der Waals surface area contributed by atoms with Crippen molar-refractivity contribution in [1.82, 2.24) is 0 Å². The fourth-order valence-electron chi connectivity index (χ4n) is 0.859. The first-order valence-electron chi connectivity index (χ1n) is 3.68. The van der Waals surface area contributed by atoms with Crippen LogP contribution in [0.2, 0.25) is 0 Å². The predicted octanol–water partition coefficient (Wildman–Crippen LogP) is 2.33. The number of ether oxygens (including phenoxy) is 1. The zero-order chi connectivity index (χ0) is 10.6. The number of benzene rings is 1. The summed E-state index contributed by atoms with van der Waals surface area (Å²) in [5.41, 5.74) is 0.870. The average molecular weight is 229 g/mol. The van der Waals surface area contributed by atoms with E-state index in [9.17, 15) is 10.1 Å². The molecular weight excluding hydrogens is 222 g/mol. The molecule has 0 atom stereocenters. The Hall–Kier alpha value is -1.14. The highest BCUT2D eigenvalue weighted by Crippen LogP contribution is 2.12. The SMILES string of the molecule is O=[N+]([O-])c1ccc(COC(=S)S)cc1. The third-order valence-corrected chi connectivity index (χ3v) is 1.76. The molecule has 1 aromatic carbocycles. The summed E-state index contributed by atoms with van der Waals surface area (Å²) in [6.45, 7) is 0.278. The normalized spacial score (nSPS) is 9.50. The Balaban J connectivity index is 2.64. The molecular formula is C8H7NO3S2. The van der Waals surface area contributed by atoms with Gasteiger partial charge >= 0.3 is 0 Å². The van der Waals surface area contributed by atoms with Crippen molar-refractivity contribution < 1.29 is 9.66 Å². The van der Waals surface area contributed by atoms with Gasteiger partial charge in [0.2, 0.25) is 4.38 Å². The van der Waals surface area contributed by atoms with Crippen molar-refractivity contribution >= 4 is 34.9 Å². The number of rotatable bonds is 3. The first-order chi connectivity index (χ1) is 6.59. The van der Waals surface area contributed by atoms with Crippen LogP contribution in [0.15, 0.2) is 24.3 Å². The van der Waals surface area contributed by atoms with Crippen molar-refractivity contribution in [3.05, 3.63) is 39.9 Å². The quantitative estimate of drug-likeness (QED) is 0.374. The summed E-state index contributed by atoms with van der Waals surface area (Å²) in [6, 6.07) is 6.06. The van der Waals surface area contributed by atoms with E-state index in [0.717, 1.165) is 5.56 Å². The highest BCUT2D eigenvalue weighted by atomic mass is 32.1. The van der Waals surface area contributed by atoms with Gasteiger partial charge in [0, 0.05) is 12.1 Å². The Labute approximate surface area is 91.4 Å². The minimum absolute atomic E-state index is 0.0576. The molecule has 0 aromatic heterocycles. The van der Waals surface area contributed by atoms with Gasteiger partial charge in [-0.25, -0.2) is 0 Å². The largest absolute Gasteiger partial charge is 0.474 e. The lowest BCUT2D eigenvalue weighted by molar-refractivity contribution is -0.384. The molecule has 0 saturated heterocycles. The Morgan fingerprint density at radius 2 is 2.07 bits per heavy atom. The molecule has 4 nitrogen and oxygen atoms in total. The van der Waals surface area contributed by atoms with E-state index in [1.54, 1.807) is 12.1 Å². The number of nitrogens with zero attached hydrogens (tertiary/aromatic N) is 1. The van der Waals surface area contributed by atoms with Crippen molar-refractivity contribution in [1.29, 1.82) is 0 Å². The Morgan fingerprint density at radius 1 is 1.50 bits per heavy atom. The van der Waals surface area contributed by atoms with E-state index in [0.29, 0.717) is 0 Å². The maximum atomic E-state index is 10.3. The van der Waals surface area contributed by atoms with E-state index in [2.05, 4.69) is 24.8 Å². The molecule has 0 bridgehead atoms.